The molecule has 4 rings (SSSR count). The molecular weight excluding hydrogens is 428 g/mol. The number of allylic oxidation sites excluding steroid dienone is 1. The van der Waals surface area contributed by atoms with Crippen molar-refractivity contribution in [1.29, 1.82) is 0 Å². The molecule has 0 heterocycles. The Morgan fingerprint density at radius 1 is 0.971 bits per heavy atom. The quantitative estimate of drug-likeness (QED) is 0.182. The first-order chi connectivity index (χ1) is 16.9. The molecule has 0 aromatic rings. The fourth-order valence-corrected chi connectivity index (χ4v) is 8.92. The summed E-state index contributed by atoms with van der Waals surface area (Å²) in [5.74, 6) is 4.71. The van der Waals surface area contributed by atoms with Crippen molar-refractivity contribution in [3.8, 4) is 0 Å². The van der Waals surface area contributed by atoms with Gasteiger partial charge in [0, 0.05) is 7.11 Å². The van der Waals surface area contributed by atoms with Gasteiger partial charge in [-0.1, -0.05) is 86.3 Å². The van der Waals surface area contributed by atoms with E-state index in [2.05, 4.69) is 33.8 Å². The molecule has 2 nitrogen and oxygen atoms in total. The average Bonchev–Trinajstić information content (AvgIpc) is 3.23. The van der Waals surface area contributed by atoms with E-state index in [-0.39, 0.29) is 0 Å². The number of unbranched alkanes of at least 4 members (excludes halogenated alkanes) is 1. The summed E-state index contributed by atoms with van der Waals surface area (Å²) in [6.07, 6.45) is 21.3. The molecule has 3 saturated carbocycles. The monoisotopic (exact) mass is 490 g/mol. The SMILES string of the molecule is CC.CC.CCC12CCC(OCOC)CC1=CCC1C2CCC2(C)C(CCCCC(C)C)CCC12. The van der Waals surface area contributed by atoms with Crippen molar-refractivity contribution >= 4 is 0 Å². The van der Waals surface area contributed by atoms with Gasteiger partial charge < -0.3 is 9.47 Å². The molecule has 206 valence electrons. The van der Waals surface area contributed by atoms with Gasteiger partial charge in [-0.25, -0.2) is 0 Å². The van der Waals surface area contributed by atoms with Crippen LogP contribution in [-0.4, -0.2) is 20.0 Å². The van der Waals surface area contributed by atoms with Crippen molar-refractivity contribution in [2.45, 2.75) is 145 Å². The molecule has 3 fully saturated rings. The highest BCUT2D eigenvalue weighted by atomic mass is 16.7. The summed E-state index contributed by atoms with van der Waals surface area (Å²) in [4.78, 5) is 0. The van der Waals surface area contributed by atoms with Crippen molar-refractivity contribution in [2.24, 2.45) is 40.4 Å². The maximum Gasteiger partial charge on any atom is 0.146 e. The van der Waals surface area contributed by atoms with E-state index in [4.69, 9.17) is 9.47 Å². The van der Waals surface area contributed by atoms with Gasteiger partial charge in [-0.2, -0.15) is 0 Å². The minimum atomic E-state index is 0.373. The minimum absolute atomic E-state index is 0.373. The van der Waals surface area contributed by atoms with Crippen LogP contribution in [0.2, 0.25) is 0 Å². The molecule has 0 aliphatic heterocycles. The fourth-order valence-electron chi connectivity index (χ4n) is 8.92. The molecule has 0 amide bonds. The van der Waals surface area contributed by atoms with Crippen LogP contribution in [0, 0.1) is 40.4 Å². The number of fused-ring (bicyclic) bond motifs is 5. The van der Waals surface area contributed by atoms with E-state index in [1.54, 1.807) is 12.7 Å². The summed E-state index contributed by atoms with van der Waals surface area (Å²) in [5, 5.41) is 0. The molecule has 0 N–H and O–H groups in total. The zero-order valence-corrected chi connectivity index (χ0v) is 25.3. The van der Waals surface area contributed by atoms with Crippen LogP contribution in [-0.2, 0) is 9.47 Å². The van der Waals surface area contributed by atoms with Gasteiger partial charge >= 0.3 is 0 Å². The lowest BCUT2D eigenvalue weighted by Gasteiger charge is -2.59. The summed E-state index contributed by atoms with van der Waals surface area (Å²) >= 11 is 0. The van der Waals surface area contributed by atoms with Gasteiger partial charge in [-0.05, 0) is 105 Å². The van der Waals surface area contributed by atoms with Crippen molar-refractivity contribution in [2.75, 3.05) is 13.9 Å². The number of hydrogen-bond donors (Lipinski definition) is 0. The third-order valence-electron chi connectivity index (χ3n) is 10.6. The smallest absolute Gasteiger partial charge is 0.146 e. The van der Waals surface area contributed by atoms with Gasteiger partial charge in [-0.15, -0.1) is 0 Å². The number of hydrogen-bond acceptors (Lipinski definition) is 2. The Labute approximate surface area is 220 Å². The first-order valence-corrected chi connectivity index (χ1v) is 15.7. The lowest BCUT2D eigenvalue weighted by Crippen LogP contribution is -2.51. The molecule has 0 spiro atoms. The molecule has 0 radical (unpaired) electrons. The Kier molecular flexibility index (Phi) is 12.8. The molecule has 4 aliphatic carbocycles. The highest BCUT2D eigenvalue weighted by Crippen LogP contribution is 2.67. The van der Waals surface area contributed by atoms with E-state index in [1.165, 1.54) is 77.0 Å². The Morgan fingerprint density at radius 2 is 1.71 bits per heavy atom. The molecule has 35 heavy (non-hydrogen) atoms. The van der Waals surface area contributed by atoms with Gasteiger partial charge in [0.15, 0.2) is 0 Å². The van der Waals surface area contributed by atoms with Gasteiger partial charge in [0.05, 0.1) is 6.10 Å². The second kappa shape index (κ2) is 14.6. The number of ether oxygens (including phenoxy) is 2. The highest BCUT2D eigenvalue weighted by Gasteiger charge is 2.59. The standard InChI is InChI=1S/C29H50O2.2C2H6/c1-6-29-18-15-24(31-20-30-5)19-23(29)11-13-25-26-14-12-22(10-8-7-9-21(2)3)28(26,4)17-16-27(25)29;2*1-2/h11,21-22,24-27H,6-10,12-20H2,1-5H3;2*1-2H3. The summed E-state index contributed by atoms with van der Waals surface area (Å²) in [6, 6.07) is 0. The van der Waals surface area contributed by atoms with Gasteiger partial charge in [-0.3, -0.25) is 0 Å². The van der Waals surface area contributed by atoms with Crippen LogP contribution in [0.4, 0.5) is 0 Å². The Balaban J connectivity index is 0.00000103. The van der Waals surface area contributed by atoms with Crippen LogP contribution in [0.5, 0.6) is 0 Å². The van der Waals surface area contributed by atoms with Gasteiger partial charge in [0.2, 0.25) is 0 Å². The predicted octanol–water partition coefficient (Wildman–Crippen LogP) is 10.2. The van der Waals surface area contributed by atoms with Crippen molar-refractivity contribution in [1.82, 2.24) is 0 Å². The van der Waals surface area contributed by atoms with E-state index in [9.17, 15) is 0 Å². The second-order valence-electron chi connectivity index (χ2n) is 12.3. The summed E-state index contributed by atoms with van der Waals surface area (Å²) < 4.78 is 11.2. The lowest BCUT2D eigenvalue weighted by molar-refractivity contribution is -0.101. The van der Waals surface area contributed by atoms with Gasteiger partial charge in [0.1, 0.15) is 6.79 Å². The van der Waals surface area contributed by atoms with E-state index < -0.39 is 0 Å². The Morgan fingerprint density at radius 3 is 2.37 bits per heavy atom. The van der Waals surface area contributed by atoms with Crippen molar-refractivity contribution in [3.05, 3.63) is 11.6 Å². The first-order valence-electron chi connectivity index (χ1n) is 15.7. The second-order valence-corrected chi connectivity index (χ2v) is 12.3. The highest BCUT2D eigenvalue weighted by molar-refractivity contribution is 5.26. The lowest BCUT2D eigenvalue weighted by atomic mass is 9.46. The normalized spacial score (nSPS) is 37.7. The molecule has 2 heteroatoms. The first kappa shape index (κ1) is 30.9. The zero-order chi connectivity index (χ0) is 26.1. The Hall–Kier alpha value is -0.340. The number of methoxy groups -OCH3 is 1. The maximum atomic E-state index is 6.00. The van der Waals surface area contributed by atoms with Gasteiger partial charge in [0.25, 0.3) is 0 Å². The molecule has 7 unspecified atom stereocenters. The number of rotatable bonds is 9. The summed E-state index contributed by atoms with van der Waals surface area (Å²) in [6.45, 7) is 18.4. The fraction of sp³-hybridized carbons (Fsp3) is 0.939. The largest absolute Gasteiger partial charge is 0.359 e. The summed E-state index contributed by atoms with van der Waals surface area (Å²) in [5.41, 5.74) is 2.86. The third-order valence-corrected chi connectivity index (χ3v) is 10.6. The van der Waals surface area contributed by atoms with Crippen LogP contribution in [0.1, 0.15) is 139 Å². The maximum absolute atomic E-state index is 6.00. The topological polar surface area (TPSA) is 18.5 Å². The van der Waals surface area contributed by atoms with Crippen LogP contribution >= 0.6 is 0 Å². The van der Waals surface area contributed by atoms with Crippen LogP contribution < -0.4 is 0 Å². The molecule has 4 aliphatic rings. The molecular formula is C33H62O2. The van der Waals surface area contributed by atoms with E-state index in [0.29, 0.717) is 23.7 Å². The Bertz CT molecular complexity index is 625. The van der Waals surface area contributed by atoms with Crippen LogP contribution in [0.15, 0.2) is 11.6 Å². The molecule has 0 aromatic carbocycles. The molecule has 0 aromatic heterocycles. The van der Waals surface area contributed by atoms with Crippen LogP contribution in [0.25, 0.3) is 0 Å². The van der Waals surface area contributed by atoms with Crippen LogP contribution in [0.3, 0.4) is 0 Å². The van der Waals surface area contributed by atoms with Crippen molar-refractivity contribution in [3.63, 3.8) is 0 Å². The third kappa shape index (κ3) is 6.57. The van der Waals surface area contributed by atoms with E-state index in [1.807, 2.05) is 27.7 Å². The minimum Gasteiger partial charge on any atom is -0.359 e. The van der Waals surface area contributed by atoms with E-state index >= 15 is 0 Å². The van der Waals surface area contributed by atoms with Crippen molar-refractivity contribution < 1.29 is 9.47 Å². The molecule has 0 saturated heterocycles. The summed E-state index contributed by atoms with van der Waals surface area (Å²) in [7, 11) is 1.74. The average molecular weight is 491 g/mol. The van der Waals surface area contributed by atoms with E-state index in [0.717, 1.165) is 36.0 Å². The zero-order valence-electron chi connectivity index (χ0n) is 25.3. The molecule has 0 bridgehead atoms. The predicted molar refractivity (Wildman–Crippen MR) is 153 cm³/mol. The molecule has 7 atom stereocenters.